The Labute approximate surface area is 123 Å². The van der Waals surface area contributed by atoms with Gasteiger partial charge in [-0.15, -0.1) is 0 Å². The summed E-state index contributed by atoms with van der Waals surface area (Å²) in [5, 5.41) is 9.21. The fourth-order valence-corrected chi connectivity index (χ4v) is 2.40. The molecule has 0 saturated heterocycles. The highest BCUT2D eigenvalue weighted by molar-refractivity contribution is 5.94. The van der Waals surface area contributed by atoms with Crippen molar-refractivity contribution < 1.29 is 9.90 Å². The number of nitrogens with zero attached hydrogens (tertiary/aromatic N) is 4. The van der Waals surface area contributed by atoms with Gasteiger partial charge in [0, 0.05) is 14.1 Å². The normalized spacial score (nSPS) is 11.2. The second-order valence-electron chi connectivity index (χ2n) is 5.06. The van der Waals surface area contributed by atoms with E-state index in [0.717, 1.165) is 4.57 Å². The van der Waals surface area contributed by atoms with Gasteiger partial charge in [-0.2, -0.15) is 4.98 Å². The molecule has 0 unspecified atom stereocenters. The quantitative estimate of drug-likeness (QED) is 0.640. The number of carbonyl (C=O) groups is 1. The zero-order chi connectivity index (χ0) is 16.2. The number of carboxylic acids is 1. The molecule has 0 amide bonds. The minimum absolute atomic E-state index is 0.0691. The molecule has 0 spiro atoms. The lowest BCUT2D eigenvalue weighted by molar-refractivity contribution is 0.0696. The third-order valence-corrected chi connectivity index (χ3v) is 3.67. The van der Waals surface area contributed by atoms with Crippen LogP contribution in [0.1, 0.15) is 15.9 Å². The van der Waals surface area contributed by atoms with E-state index < -0.39 is 17.2 Å². The molecular formula is C14H12N4O4. The van der Waals surface area contributed by atoms with Gasteiger partial charge in [0.1, 0.15) is 0 Å². The van der Waals surface area contributed by atoms with Crippen LogP contribution in [0.3, 0.4) is 0 Å². The van der Waals surface area contributed by atoms with Crippen LogP contribution in [-0.4, -0.2) is 30.2 Å². The molecule has 1 aromatic carbocycles. The van der Waals surface area contributed by atoms with Crippen LogP contribution in [0.25, 0.3) is 22.6 Å². The summed E-state index contributed by atoms with van der Waals surface area (Å²) in [5.74, 6) is -0.929. The van der Waals surface area contributed by atoms with Crippen LogP contribution in [-0.2, 0) is 14.1 Å². The van der Waals surface area contributed by atoms with Crippen molar-refractivity contribution in [1.29, 1.82) is 0 Å². The molecule has 0 aliphatic carbocycles. The van der Waals surface area contributed by atoms with Gasteiger partial charge < -0.3 is 9.67 Å². The fourth-order valence-electron chi connectivity index (χ4n) is 2.40. The summed E-state index contributed by atoms with van der Waals surface area (Å²) in [6, 6.07) is 3.06. The van der Waals surface area contributed by atoms with E-state index in [1.54, 1.807) is 20.0 Å². The highest BCUT2D eigenvalue weighted by Crippen LogP contribution is 2.22. The first-order valence-electron chi connectivity index (χ1n) is 6.42. The average Bonchev–Trinajstić information content (AvgIpc) is 2.46. The molecule has 112 valence electrons. The number of aromatic nitrogens is 4. The van der Waals surface area contributed by atoms with Crippen LogP contribution in [0.5, 0.6) is 0 Å². The molecule has 2 aliphatic rings. The van der Waals surface area contributed by atoms with Gasteiger partial charge in [0.25, 0.3) is 5.56 Å². The Morgan fingerprint density at radius 2 is 1.82 bits per heavy atom. The smallest absolute Gasteiger partial charge is 0.352 e. The Bertz CT molecular complexity index is 1030. The third kappa shape index (κ3) is 1.80. The average molecular weight is 300 g/mol. The van der Waals surface area contributed by atoms with Gasteiger partial charge in [-0.1, -0.05) is 0 Å². The molecule has 0 radical (unpaired) electrons. The number of rotatable bonds is 1. The first-order valence-corrected chi connectivity index (χ1v) is 6.42. The second-order valence-corrected chi connectivity index (χ2v) is 5.06. The molecule has 0 atom stereocenters. The summed E-state index contributed by atoms with van der Waals surface area (Å²) < 4.78 is 2.39. The molecule has 0 saturated carbocycles. The molecule has 2 heterocycles. The molecule has 22 heavy (non-hydrogen) atoms. The number of aromatic carboxylic acids is 1. The van der Waals surface area contributed by atoms with Gasteiger partial charge >= 0.3 is 11.7 Å². The van der Waals surface area contributed by atoms with Crippen molar-refractivity contribution in [2.24, 2.45) is 14.1 Å². The van der Waals surface area contributed by atoms with Crippen molar-refractivity contribution in [1.82, 2.24) is 19.1 Å². The Balaban J connectivity index is 2.56. The lowest BCUT2D eigenvalue weighted by Crippen LogP contribution is -2.36. The van der Waals surface area contributed by atoms with E-state index in [0.29, 0.717) is 16.6 Å². The highest BCUT2D eigenvalue weighted by atomic mass is 16.4. The monoisotopic (exact) mass is 300 g/mol. The summed E-state index contributed by atoms with van der Waals surface area (Å²) in [6.07, 6.45) is 0. The maximum absolute atomic E-state index is 12.2. The predicted molar refractivity (Wildman–Crippen MR) is 78.3 cm³/mol. The molecule has 0 aromatic heterocycles. The van der Waals surface area contributed by atoms with Crippen molar-refractivity contribution in [2.75, 3.05) is 0 Å². The van der Waals surface area contributed by atoms with E-state index in [-0.39, 0.29) is 17.1 Å². The first kappa shape index (κ1) is 13.9. The lowest BCUT2D eigenvalue weighted by atomic mass is 10.1. The number of fused-ring (bicyclic) bond motifs is 2. The molecule has 1 aromatic rings. The van der Waals surface area contributed by atoms with Gasteiger partial charge in [0.15, 0.2) is 11.5 Å². The molecule has 3 rings (SSSR count). The molecular weight excluding hydrogens is 288 g/mol. The second kappa shape index (κ2) is 4.48. The fraction of sp³-hybridized carbons (Fsp3) is 0.214. The summed E-state index contributed by atoms with van der Waals surface area (Å²) in [4.78, 5) is 43.2. The third-order valence-electron chi connectivity index (χ3n) is 3.67. The van der Waals surface area contributed by atoms with Crippen LogP contribution >= 0.6 is 0 Å². The van der Waals surface area contributed by atoms with Gasteiger partial charge in [-0.05, 0) is 24.6 Å². The Morgan fingerprint density at radius 1 is 1.14 bits per heavy atom. The summed E-state index contributed by atoms with van der Waals surface area (Å²) in [7, 11) is 2.95. The number of carboxylic acid groups (broad SMARTS) is 1. The Kier molecular flexibility index (Phi) is 2.84. The van der Waals surface area contributed by atoms with E-state index >= 15 is 0 Å². The molecule has 1 N–H and O–H groups in total. The van der Waals surface area contributed by atoms with Crippen LogP contribution in [0.4, 0.5) is 0 Å². The highest BCUT2D eigenvalue weighted by Gasteiger charge is 2.20. The van der Waals surface area contributed by atoms with Crippen molar-refractivity contribution in [2.45, 2.75) is 6.92 Å². The lowest BCUT2D eigenvalue weighted by Gasteiger charge is -2.14. The number of hydrogen-bond acceptors (Lipinski definition) is 5. The molecule has 2 aliphatic heterocycles. The molecule has 8 heteroatoms. The SMILES string of the molecule is Cc1cc2nc3c(=O)n(C)c(=O)nc-3n(C)c2cc1C(=O)O. The van der Waals surface area contributed by atoms with Crippen LogP contribution < -0.4 is 11.2 Å². The van der Waals surface area contributed by atoms with E-state index in [2.05, 4.69) is 9.97 Å². The predicted octanol–water partition coefficient (Wildman–Crippen LogP) is 0.139. The zero-order valence-electron chi connectivity index (χ0n) is 12.1. The maximum atomic E-state index is 12.2. The van der Waals surface area contributed by atoms with Crippen molar-refractivity contribution in [3.05, 3.63) is 44.1 Å². The van der Waals surface area contributed by atoms with Crippen molar-refractivity contribution in [3.63, 3.8) is 0 Å². The van der Waals surface area contributed by atoms with E-state index in [4.69, 9.17) is 0 Å². The maximum Gasteiger partial charge on any atom is 0.352 e. The van der Waals surface area contributed by atoms with Crippen LogP contribution in [0.15, 0.2) is 21.7 Å². The number of benzene rings is 1. The number of aryl methyl sites for hydroxylation is 2. The molecule has 0 fully saturated rings. The Hall–Kier alpha value is -3.03. The minimum Gasteiger partial charge on any atom is -0.478 e. The van der Waals surface area contributed by atoms with Crippen LogP contribution in [0.2, 0.25) is 0 Å². The minimum atomic E-state index is -1.05. The van der Waals surface area contributed by atoms with Gasteiger partial charge in [0.05, 0.1) is 16.6 Å². The van der Waals surface area contributed by atoms with E-state index in [9.17, 15) is 19.5 Å². The largest absolute Gasteiger partial charge is 0.478 e. The van der Waals surface area contributed by atoms with Crippen LogP contribution in [0, 0.1) is 6.92 Å². The summed E-state index contributed by atoms with van der Waals surface area (Å²) >= 11 is 0. The topological polar surface area (TPSA) is 107 Å². The standard InChI is InChI=1S/C14H12N4O4/c1-6-4-8-9(5-7(6)13(20)21)17(2)11-10(15-8)12(19)18(3)14(22)16-11/h4-5H,1-3H3,(H,20,21). The first-order chi connectivity index (χ1) is 10.3. The summed E-state index contributed by atoms with van der Waals surface area (Å²) in [5.41, 5.74) is 0.477. The van der Waals surface area contributed by atoms with E-state index in [1.165, 1.54) is 17.7 Å². The molecule has 8 nitrogen and oxygen atoms in total. The van der Waals surface area contributed by atoms with Crippen molar-refractivity contribution >= 4 is 17.0 Å². The number of hydrogen-bond donors (Lipinski definition) is 1. The Morgan fingerprint density at radius 3 is 2.45 bits per heavy atom. The van der Waals surface area contributed by atoms with Crippen molar-refractivity contribution in [3.8, 4) is 11.5 Å². The van der Waals surface area contributed by atoms with Gasteiger partial charge in [0.2, 0.25) is 0 Å². The summed E-state index contributed by atoms with van der Waals surface area (Å²) in [6.45, 7) is 1.66. The van der Waals surface area contributed by atoms with Gasteiger partial charge in [-0.3, -0.25) is 9.36 Å². The zero-order valence-corrected chi connectivity index (χ0v) is 12.1. The molecule has 0 bridgehead atoms. The van der Waals surface area contributed by atoms with E-state index in [1.807, 2.05) is 0 Å². The van der Waals surface area contributed by atoms with Gasteiger partial charge in [-0.25, -0.2) is 14.6 Å².